The van der Waals surface area contributed by atoms with Gasteiger partial charge in [0.05, 0.1) is 6.10 Å². The minimum absolute atomic E-state index is 0.158. The predicted octanol–water partition coefficient (Wildman–Crippen LogP) is 4.16. The maximum atomic E-state index is 13.3. The van der Waals surface area contributed by atoms with Crippen molar-refractivity contribution in [2.75, 3.05) is 5.73 Å². The summed E-state index contributed by atoms with van der Waals surface area (Å²) < 4.78 is 5.74. The Morgan fingerprint density at radius 1 is 1.32 bits per heavy atom. The molecule has 1 aliphatic heterocycles. The van der Waals surface area contributed by atoms with Crippen LogP contribution in [-0.2, 0) is 22.4 Å². The first kappa shape index (κ1) is 21.4. The van der Waals surface area contributed by atoms with Gasteiger partial charge in [-0.15, -0.1) is 0 Å². The molecule has 0 saturated carbocycles. The first-order chi connectivity index (χ1) is 14.7. The third-order valence-electron chi connectivity index (χ3n) is 6.60. The number of anilines is 1. The van der Waals surface area contributed by atoms with E-state index in [0.717, 1.165) is 48.1 Å². The largest absolute Gasteiger partial charge is 0.462 e. The predicted molar refractivity (Wildman–Crippen MR) is 120 cm³/mol. The molecular weight excluding hydrogens is 390 g/mol. The lowest BCUT2D eigenvalue weighted by Crippen LogP contribution is -2.36. The van der Waals surface area contributed by atoms with Crippen LogP contribution >= 0.6 is 0 Å². The molecule has 2 aromatic rings. The number of hydrogen-bond donors (Lipinski definition) is 1. The number of carbonyl (C=O) groups is 1. The fourth-order valence-corrected chi connectivity index (χ4v) is 4.65. The Morgan fingerprint density at radius 2 is 2.03 bits per heavy atom. The van der Waals surface area contributed by atoms with Gasteiger partial charge in [-0.2, -0.15) is 0 Å². The molecule has 0 bridgehead atoms. The first-order valence-corrected chi connectivity index (χ1v) is 11.0. The number of rotatable bonds is 4. The van der Waals surface area contributed by atoms with Gasteiger partial charge in [-0.05, 0) is 56.1 Å². The lowest BCUT2D eigenvalue weighted by molar-refractivity contribution is -0.151. The van der Waals surface area contributed by atoms with Crippen molar-refractivity contribution in [2.45, 2.75) is 72.3 Å². The van der Waals surface area contributed by atoms with Crippen LogP contribution in [0.3, 0.4) is 0 Å². The number of esters is 1. The smallest absolute Gasteiger partial charge is 0.315 e. The van der Waals surface area contributed by atoms with Crippen LogP contribution in [-0.4, -0.2) is 32.7 Å². The molecule has 0 amide bonds. The van der Waals surface area contributed by atoms with Crippen LogP contribution in [0, 0.1) is 11.3 Å². The molecule has 164 valence electrons. The number of pyridine rings is 1. The molecule has 1 aliphatic carbocycles. The zero-order valence-corrected chi connectivity index (χ0v) is 19.0. The third-order valence-corrected chi connectivity index (χ3v) is 6.60. The Hall–Kier alpha value is -2.83. The number of fused-ring (bicyclic) bond motifs is 2. The van der Waals surface area contributed by atoms with Crippen molar-refractivity contribution in [3.63, 3.8) is 0 Å². The van der Waals surface area contributed by atoms with Crippen LogP contribution in [0.25, 0.3) is 0 Å². The van der Waals surface area contributed by atoms with Crippen molar-refractivity contribution in [3.05, 3.63) is 41.1 Å². The number of nitrogens with zero attached hydrogens (tertiary/aromatic N) is 4. The summed E-state index contributed by atoms with van der Waals surface area (Å²) in [5.74, 6) is -0.665. The topological polar surface area (TPSA) is 103 Å². The normalized spacial score (nSPS) is 22.7. The molecule has 0 radical (unpaired) electrons. The van der Waals surface area contributed by atoms with Gasteiger partial charge in [0.15, 0.2) is 5.82 Å². The minimum Gasteiger partial charge on any atom is -0.462 e. The Morgan fingerprint density at radius 3 is 2.71 bits per heavy atom. The number of ether oxygens (including phenoxy) is 1. The van der Waals surface area contributed by atoms with Crippen LogP contribution in [0.15, 0.2) is 23.7 Å². The summed E-state index contributed by atoms with van der Waals surface area (Å²) in [5.41, 5.74) is 12.1. The van der Waals surface area contributed by atoms with E-state index in [1.54, 1.807) is 12.4 Å². The SMILES string of the molecule is CCC(C)OC(=O)C1C(C)=Nc2nc3c(c(N)c2C1c1cncnc1)CC(C)(C)CC3. The second-order valence-corrected chi connectivity index (χ2v) is 9.57. The summed E-state index contributed by atoms with van der Waals surface area (Å²) in [7, 11) is 0. The summed E-state index contributed by atoms with van der Waals surface area (Å²) in [6, 6.07) is 0. The lowest BCUT2D eigenvalue weighted by Gasteiger charge is -2.36. The van der Waals surface area contributed by atoms with Crippen LogP contribution in [0.5, 0.6) is 0 Å². The molecule has 3 atom stereocenters. The molecule has 3 unspecified atom stereocenters. The highest BCUT2D eigenvalue weighted by Crippen LogP contribution is 2.48. The van der Waals surface area contributed by atoms with Crippen LogP contribution in [0.1, 0.15) is 75.8 Å². The Bertz CT molecular complexity index is 1030. The Balaban J connectivity index is 1.90. The van der Waals surface area contributed by atoms with Crippen LogP contribution in [0.4, 0.5) is 11.5 Å². The number of aryl methyl sites for hydroxylation is 1. The molecule has 2 N–H and O–H groups in total. The van der Waals surface area contributed by atoms with E-state index < -0.39 is 5.92 Å². The van der Waals surface area contributed by atoms with Gasteiger partial charge in [0.2, 0.25) is 0 Å². The molecule has 2 aromatic heterocycles. The van der Waals surface area contributed by atoms with Crippen molar-refractivity contribution < 1.29 is 9.53 Å². The molecule has 2 aliphatic rings. The van der Waals surface area contributed by atoms with Gasteiger partial charge in [-0.1, -0.05) is 20.8 Å². The molecule has 31 heavy (non-hydrogen) atoms. The van der Waals surface area contributed by atoms with E-state index in [4.69, 9.17) is 20.4 Å². The van der Waals surface area contributed by atoms with Gasteiger partial charge in [-0.3, -0.25) is 4.79 Å². The number of aliphatic imine (C=N–C) groups is 1. The van der Waals surface area contributed by atoms with E-state index in [2.05, 4.69) is 23.8 Å². The maximum Gasteiger partial charge on any atom is 0.315 e. The zero-order chi connectivity index (χ0) is 22.3. The summed E-state index contributed by atoms with van der Waals surface area (Å²) in [6.45, 7) is 10.3. The number of aromatic nitrogens is 3. The summed E-state index contributed by atoms with van der Waals surface area (Å²) in [6.07, 6.45) is 8.35. The van der Waals surface area contributed by atoms with Gasteiger partial charge >= 0.3 is 5.97 Å². The highest BCUT2D eigenvalue weighted by atomic mass is 16.5. The summed E-state index contributed by atoms with van der Waals surface area (Å²) >= 11 is 0. The van der Waals surface area contributed by atoms with Gasteiger partial charge in [0.25, 0.3) is 0 Å². The molecule has 7 nitrogen and oxygen atoms in total. The van der Waals surface area contributed by atoms with Crippen molar-refractivity contribution >= 4 is 23.2 Å². The average molecular weight is 422 g/mol. The quantitative estimate of drug-likeness (QED) is 0.743. The Kier molecular flexibility index (Phi) is 5.54. The molecule has 0 saturated heterocycles. The number of nitrogens with two attached hydrogens (primary N) is 1. The maximum absolute atomic E-state index is 13.3. The van der Waals surface area contributed by atoms with E-state index in [-0.39, 0.29) is 23.4 Å². The second kappa shape index (κ2) is 8.02. The van der Waals surface area contributed by atoms with Crippen LogP contribution < -0.4 is 5.73 Å². The average Bonchev–Trinajstić information content (AvgIpc) is 2.73. The number of carbonyl (C=O) groups excluding carboxylic acids is 1. The zero-order valence-electron chi connectivity index (χ0n) is 19.0. The van der Waals surface area contributed by atoms with E-state index in [0.29, 0.717) is 17.2 Å². The van der Waals surface area contributed by atoms with Crippen molar-refractivity contribution in [1.82, 2.24) is 15.0 Å². The van der Waals surface area contributed by atoms with E-state index in [1.165, 1.54) is 6.33 Å². The van der Waals surface area contributed by atoms with Crippen molar-refractivity contribution in [2.24, 2.45) is 16.3 Å². The molecule has 0 fully saturated rings. The highest BCUT2D eigenvalue weighted by molar-refractivity contribution is 6.05. The fourth-order valence-electron chi connectivity index (χ4n) is 4.65. The van der Waals surface area contributed by atoms with Gasteiger partial charge in [0, 0.05) is 41.0 Å². The molecule has 3 heterocycles. The van der Waals surface area contributed by atoms with Crippen molar-refractivity contribution in [3.8, 4) is 0 Å². The van der Waals surface area contributed by atoms with E-state index >= 15 is 0 Å². The van der Waals surface area contributed by atoms with E-state index in [9.17, 15) is 4.79 Å². The van der Waals surface area contributed by atoms with Crippen LogP contribution in [0.2, 0.25) is 0 Å². The number of hydrogen-bond acceptors (Lipinski definition) is 7. The molecule has 0 aromatic carbocycles. The molecular formula is C24H31N5O2. The molecule has 7 heteroatoms. The molecule has 0 spiro atoms. The van der Waals surface area contributed by atoms with Gasteiger partial charge in [-0.25, -0.2) is 19.9 Å². The lowest BCUT2D eigenvalue weighted by atomic mass is 9.72. The summed E-state index contributed by atoms with van der Waals surface area (Å²) in [4.78, 5) is 31.3. The van der Waals surface area contributed by atoms with E-state index in [1.807, 2.05) is 20.8 Å². The monoisotopic (exact) mass is 421 g/mol. The summed E-state index contributed by atoms with van der Waals surface area (Å²) in [5, 5.41) is 0. The molecule has 4 rings (SSSR count). The third kappa shape index (κ3) is 3.93. The van der Waals surface area contributed by atoms with Crippen molar-refractivity contribution in [1.29, 1.82) is 0 Å². The first-order valence-electron chi connectivity index (χ1n) is 11.0. The minimum atomic E-state index is -0.591. The number of nitrogen functional groups attached to an aromatic ring is 1. The Labute approximate surface area is 183 Å². The fraction of sp³-hybridized carbons (Fsp3) is 0.542. The van der Waals surface area contributed by atoms with Gasteiger partial charge < -0.3 is 10.5 Å². The second-order valence-electron chi connectivity index (χ2n) is 9.57. The standard InChI is InChI=1S/C24H31N5O2/c1-6-13(2)31-23(30)18-14(3)28-22-20(19(18)15-10-26-12-27-11-15)21(25)16-9-24(4,5)8-7-17(16)29-22/h10-13,18-19H,6-9H2,1-5H3,(H2,25,29). The highest BCUT2D eigenvalue weighted by Gasteiger charge is 2.43. The van der Waals surface area contributed by atoms with Gasteiger partial charge in [0.1, 0.15) is 12.2 Å².